The average Bonchev–Trinajstić information content (AvgIpc) is 2.96. The first kappa shape index (κ1) is 11.1. The molecule has 2 aliphatic rings. The van der Waals surface area contributed by atoms with Crippen LogP contribution < -0.4 is 4.74 Å². The first-order chi connectivity index (χ1) is 8.35. The topological polar surface area (TPSA) is 32.7 Å². The van der Waals surface area contributed by atoms with Gasteiger partial charge in [0.05, 0.1) is 6.61 Å². The summed E-state index contributed by atoms with van der Waals surface area (Å²) < 4.78 is 5.51. The molecule has 0 amide bonds. The quantitative estimate of drug-likeness (QED) is 0.857. The van der Waals surface area contributed by atoms with Crippen LogP contribution in [-0.4, -0.2) is 36.3 Å². The van der Waals surface area contributed by atoms with E-state index < -0.39 is 0 Å². The van der Waals surface area contributed by atoms with Crippen LogP contribution in [0.15, 0.2) is 18.2 Å². The van der Waals surface area contributed by atoms with Gasteiger partial charge in [0.2, 0.25) is 0 Å². The van der Waals surface area contributed by atoms with Crippen LogP contribution in [0.4, 0.5) is 0 Å². The maximum atomic E-state index is 9.13. The molecule has 1 fully saturated rings. The van der Waals surface area contributed by atoms with Gasteiger partial charge in [-0.3, -0.25) is 4.90 Å². The zero-order chi connectivity index (χ0) is 11.7. The van der Waals surface area contributed by atoms with E-state index in [0.717, 1.165) is 44.8 Å². The number of rotatable bonds is 3. The second kappa shape index (κ2) is 4.67. The molecule has 0 radical (unpaired) electrons. The Kier molecular flexibility index (Phi) is 3.04. The van der Waals surface area contributed by atoms with Gasteiger partial charge in [-0.25, -0.2) is 0 Å². The second-order valence-electron chi connectivity index (χ2n) is 5.11. The van der Waals surface area contributed by atoms with Crippen LogP contribution in [0.1, 0.15) is 17.5 Å². The number of fused-ring (bicyclic) bond motifs is 1. The van der Waals surface area contributed by atoms with Crippen LogP contribution in [0.3, 0.4) is 0 Å². The van der Waals surface area contributed by atoms with E-state index in [0.29, 0.717) is 12.5 Å². The molecule has 1 N–H and O–H groups in total. The minimum Gasteiger partial charge on any atom is -0.493 e. The van der Waals surface area contributed by atoms with Gasteiger partial charge in [0.15, 0.2) is 0 Å². The van der Waals surface area contributed by atoms with E-state index in [1.54, 1.807) is 0 Å². The van der Waals surface area contributed by atoms with E-state index in [4.69, 9.17) is 9.84 Å². The first-order valence-electron chi connectivity index (χ1n) is 6.43. The van der Waals surface area contributed by atoms with E-state index >= 15 is 0 Å². The minimum absolute atomic E-state index is 0.328. The molecule has 2 heterocycles. The maximum Gasteiger partial charge on any atom is 0.122 e. The van der Waals surface area contributed by atoms with E-state index in [-0.39, 0.29) is 0 Å². The van der Waals surface area contributed by atoms with Gasteiger partial charge in [-0.2, -0.15) is 0 Å². The first-order valence-corrected chi connectivity index (χ1v) is 6.43. The summed E-state index contributed by atoms with van der Waals surface area (Å²) in [6.07, 6.45) is 2.17. The number of aliphatic hydroxyl groups is 1. The summed E-state index contributed by atoms with van der Waals surface area (Å²) in [5.41, 5.74) is 2.72. The van der Waals surface area contributed by atoms with Crippen molar-refractivity contribution in [3.63, 3.8) is 0 Å². The molecular formula is C14H19NO2. The lowest BCUT2D eigenvalue weighted by Gasteiger charge is -2.16. The van der Waals surface area contributed by atoms with Gasteiger partial charge in [-0.05, 0) is 36.1 Å². The van der Waals surface area contributed by atoms with E-state index in [1.807, 2.05) is 0 Å². The van der Waals surface area contributed by atoms with Crippen molar-refractivity contribution in [3.8, 4) is 5.75 Å². The Morgan fingerprint density at radius 1 is 1.41 bits per heavy atom. The van der Waals surface area contributed by atoms with Crippen molar-refractivity contribution < 1.29 is 9.84 Å². The SMILES string of the molecule is OCC1CCN(Cc2ccc3c(c2)CCO3)C1. The summed E-state index contributed by atoms with van der Waals surface area (Å²) in [6, 6.07) is 6.53. The molecule has 1 aromatic carbocycles. The average molecular weight is 233 g/mol. The number of nitrogens with zero attached hydrogens (tertiary/aromatic N) is 1. The summed E-state index contributed by atoms with van der Waals surface area (Å²) in [5, 5.41) is 9.13. The Balaban J connectivity index is 1.65. The lowest BCUT2D eigenvalue weighted by atomic mass is 10.1. The molecule has 17 heavy (non-hydrogen) atoms. The molecule has 1 aromatic rings. The van der Waals surface area contributed by atoms with Gasteiger partial charge in [-0.15, -0.1) is 0 Å². The Hall–Kier alpha value is -1.06. The highest BCUT2D eigenvalue weighted by Crippen LogP contribution is 2.27. The van der Waals surface area contributed by atoms with Crippen LogP contribution >= 0.6 is 0 Å². The predicted octanol–water partition coefficient (Wildman–Crippen LogP) is 1.44. The van der Waals surface area contributed by atoms with Crippen LogP contribution in [0, 0.1) is 5.92 Å². The fraction of sp³-hybridized carbons (Fsp3) is 0.571. The molecule has 3 nitrogen and oxygen atoms in total. The number of benzene rings is 1. The molecule has 2 aliphatic heterocycles. The van der Waals surface area contributed by atoms with Crippen molar-refractivity contribution >= 4 is 0 Å². The second-order valence-corrected chi connectivity index (χ2v) is 5.11. The van der Waals surface area contributed by atoms with Gasteiger partial charge < -0.3 is 9.84 Å². The molecule has 0 spiro atoms. The van der Waals surface area contributed by atoms with Crippen LogP contribution in [0.2, 0.25) is 0 Å². The summed E-state index contributed by atoms with van der Waals surface area (Å²) in [7, 11) is 0. The molecule has 1 atom stereocenters. The van der Waals surface area contributed by atoms with Crippen molar-refractivity contribution in [3.05, 3.63) is 29.3 Å². The zero-order valence-corrected chi connectivity index (χ0v) is 10.1. The molecule has 0 aliphatic carbocycles. The van der Waals surface area contributed by atoms with Crippen molar-refractivity contribution in [2.24, 2.45) is 5.92 Å². The summed E-state index contributed by atoms with van der Waals surface area (Å²) in [4.78, 5) is 2.43. The Morgan fingerprint density at radius 3 is 3.18 bits per heavy atom. The monoisotopic (exact) mass is 233 g/mol. The van der Waals surface area contributed by atoms with Crippen molar-refractivity contribution in [1.29, 1.82) is 0 Å². The van der Waals surface area contributed by atoms with E-state index in [2.05, 4.69) is 23.1 Å². The molecule has 0 bridgehead atoms. The normalized spacial score (nSPS) is 23.7. The Bertz CT molecular complexity index is 405. The third-order valence-corrected chi connectivity index (χ3v) is 3.79. The van der Waals surface area contributed by atoms with Crippen molar-refractivity contribution in [1.82, 2.24) is 4.90 Å². The van der Waals surface area contributed by atoms with E-state index in [1.165, 1.54) is 11.1 Å². The zero-order valence-electron chi connectivity index (χ0n) is 10.1. The minimum atomic E-state index is 0.328. The molecule has 92 valence electrons. The van der Waals surface area contributed by atoms with Gasteiger partial charge in [-0.1, -0.05) is 12.1 Å². The Morgan fingerprint density at radius 2 is 2.35 bits per heavy atom. The molecule has 0 saturated carbocycles. The number of hydrogen-bond acceptors (Lipinski definition) is 3. The van der Waals surface area contributed by atoms with Gasteiger partial charge in [0.1, 0.15) is 5.75 Å². The van der Waals surface area contributed by atoms with Crippen LogP contribution in [0.5, 0.6) is 5.75 Å². The highest BCUT2D eigenvalue weighted by atomic mass is 16.5. The van der Waals surface area contributed by atoms with Gasteiger partial charge >= 0.3 is 0 Å². The fourth-order valence-electron chi connectivity index (χ4n) is 2.80. The van der Waals surface area contributed by atoms with Crippen LogP contribution in [-0.2, 0) is 13.0 Å². The molecule has 1 unspecified atom stereocenters. The maximum absolute atomic E-state index is 9.13. The highest BCUT2D eigenvalue weighted by molar-refractivity contribution is 5.39. The van der Waals surface area contributed by atoms with Crippen molar-refractivity contribution in [2.75, 3.05) is 26.3 Å². The lowest BCUT2D eigenvalue weighted by Crippen LogP contribution is -2.20. The number of likely N-dealkylation sites (tertiary alicyclic amines) is 1. The molecular weight excluding hydrogens is 214 g/mol. The van der Waals surface area contributed by atoms with Gasteiger partial charge in [0.25, 0.3) is 0 Å². The van der Waals surface area contributed by atoms with Gasteiger partial charge in [0, 0.05) is 26.1 Å². The highest BCUT2D eigenvalue weighted by Gasteiger charge is 2.22. The number of aliphatic hydroxyl groups excluding tert-OH is 1. The summed E-state index contributed by atoms with van der Waals surface area (Å²) in [5.74, 6) is 1.54. The largest absolute Gasteiger partial charge is 0.493 e. The molecule has 3 rings (SSSR count). The summed E-state index contributed by atoms with van der Waals surface area (Å²) >= 11 is 0. The molecule has 0 aromatic heterocycles. The third-order valence-electron chi connectivity index (χ3n) is 3.79. The third kappa shape index (κ3) is 2.31. The molecule has 3 heteroatoms. The van der Waals surface area contributed by atoms with E-state index in [9.17, 15) is 0 Å². The fourth-order valence-corrected chi connectivity index (χ4v) is 2.80. The number of hydrogen-bond donors (Lipinski definition) is 1. The lowest BCUT2D eigenvalue weighted by molar-refractivity contribution is 0.220. The predicted molar refractivity (Wildman–Crippen MR) is 66.1 cm³/mol. The Labute approximate surface area is 102 Å². The van der Waals surface area contributed by atoms with Crippen molar-refractivity contribution in [2.45, 2.75) is 19.4 Å². The van der Waals surface area contributed by atoms with Crippen LogP contribution in [0.25, 0.3) is 0 Å². The standard InChI is InChI=1S/C14H19NO2/c16-10-12-3-5-15(9-12)8-11-1-2-14-13(7-11)4-6-17-14/h1-2,7,12,16H,3-6,8-10H2. The smallest absolute Gasteiger partial charge is 0.122 e. The summed E-state index contributed by atoms with van der Waals surface area (Å²) in [6.45, 7) is 4.30. The molecule has 1 saturated heterocycles. The number of ether oxygens (including phenoxy) is 1.